The molecule has 29 nitrogen and oxygen atoms in total. The minimum absolute atomic E-state index is 0.000271. The lowest BCUT2D eigenvalue weighted by molar-refractivity contribution is -0.198. The molecule has 34 heteroatoms. The van der Waals surface area contributed by atoms with Crippen molar-refractivity contribution >= 4 is 99.8 Å². The summed E-state index contributed by atoms with van der Waals surface area (Å²) in [5, 5.41) is 27.8. The maximum atomic E-state index is 15.1. The molecule has 4 bridgehead atoms. The fraction of sp³-hybridized carbons (Fsp3) is 0.571. The SMILES string of the molecule is COc1cc2cc(c1Cl)N(C)C(=O)C[C@H](OC(=O)[C@H](C)N(C)C(=O)c1ccc(NC(=O)[C@H](CCCNC(N)=O)NC(=O)[C@@H](NC(=S)NCCOCCOCCC(=O)ON3C(=O)CCC3=O)C(C)C)c(C(F)(F)F)c1)[C@]1(C)O[C@H]1[C@H](C)[C@@H]1C[C@@](O)(NC(=O)O1)[C@H](OC)/C=C/C=C(\C)C2. The number of epoxide rings is 1. The number of fused-ring (bicyclic) bond motifs is 5. The van der Waals surface area contributed by atoms with Gasteiger partial charge in [-0.15, -0.1) is 5.06 Å². The molecule has 0 radical (unpaired) electrons. The number of hydrogen-bond acceptors (Lipinski definition) is 20. The lowest BCUT2D eigenvalue weighted by Crippen LogP contribution is -2.63. The third-order valence-corrected chi connectivity index (χ3v) is 17.3. The molecule has 0 spiro atoms. The molecule has 10 atom stereocenters. The van der Waals surface area contributed by atoms with Crippen LogP contribution in [-0.2, 0) is 79.4 Å². The number of halogens is 4. The number of benzene rings is 2. The Balaban J connectivity index is 1.14. The summed E-state index contributed by atoms with van der Waals surface area (Å²) in [6.45, 7) is 9.87. The number of primary amides is 1. The Kier molecular flexibility index (Phi) is 27.5. The number of imide groups is 1. The predicted octanol–water partition coefficient (Wildman–Crippen LogP) is 4.24. The van der Waals surface area contributed by atoms with E-state index >= 15 is 13.2 Å². The molecule has 3 saturated heterocycles. The molecule has 2 aromatic carbocycles. The molecule has 0 aromatic heterocycles. The van der Waals surface area contributed by atoms with Crippen molar-refractivity contribution in [2.24, 2.45) is 17.6 Å². The second-order valence-electron chi connectivity index (χ2n) is 24.2. The van der Waals surface area contributed by atoms with Crippen LogP contribution in [0.1, 0.15) is 108 Å². The van der Waals surface area contributed by atoms with Gasteiger partial charge in [-0.25, -0.2) is 19.2 Å². The number of ether oxygens (including phenoxy) is 7. The van der Waals surface area contributed by atoms with Crippen molar-refractivity contribution in [1.82, 2.24) is 36.5 Å². The summed E-state index contributed by atoms with van der Waals surface area (Å²) in [7, 11) is 5.34. The van der Waals surface area contributed by atoms with Crippen LogP contribution in [0, 0.1) is 11.8 Å². The molecule has 9 amide bonds. The van der Waals surface area contributed by atoms with E-state index < -0.39 is 155 Å². The zero-order chi connectivity index (χ0) is 71.9. The Bertz CT molecular complexity index is 3330. The first-order chi connectivity index (χ1) is 45.6. The van der Waals surface area contributed by atoms with E-state index in [-0.39, 0.29) is 99.6 Å². The molecule has 4 aliphatic rings. The first kappa shape index (κ1) is 77.8. The van der Waals surface area contributed by atoms with E-state index in [4.69, 9.17) is 67.5 Å². The fourth-order valence-electron chi connectivity index (χ4n) is 10.9. The maximum absolute atomic E-state index is 15.1. The first-order valence-electron chi connectivity index (χ1n) is 31.1. The summed E-state index contributed by atoms with van der Waals surface area (Å²) in [5.74, 6) is -7.81. The van der Waals surface area contributed by atoms with Gasteiger partial charge >= 0.3 is 30.2 Å². The van der Waals surface area contributed by atoms with Crippen LogP contribution in [0.4, 0.5) is 34.1 Å². The number of alkyl halides is 3. The molecule has 4 aliphatic heterocycles. The normalized spacial score (nSPS) is 23.8. The van der Waals surface area contributed by atoms with Crippen LogP contribution >= 0.6 is 23.8 Å². The van der Waals surface area contributed by atoms with Gasteiger partial charge in [0.25, 0.3) is 17.7 Å². The lowest BCUT2D eigenvalue weighted by Gasteiger charge is -2.42. The van der Waals surface area contributed by atoms with Gasteiger partial charge in [0.05, 0.1) is 69.4 Å². The summed E-state index contributed by atoms with van der Waals surface area (Å²) >= 11 is 12.2. The molecule has 9 N–H and O–H groups in total. The van der Waals surface area contributed by atoms with Gasteiger partial charge in [-0.1, -0.05) is 56.2 Å². The Hall–Kier alpha value is -8.21. The number of urea groups is 1. The number of nitrogens with one attached hydrogen (secondary N) is 6. The molecule has 4 heterocycles. The monoisotopic (exact) mass is 1410 g/mol. The Morgan fingerprint density at radius 3 is 2.27 bits per heavy atom. The number of rotatable bonds is 26. The number of amides is 9. The average Bonchev–Trinajstić information content (AvgIpc) is 1.58. The van der Waals surface area contributed by atoms with E-state index in [0.717, 1.165) is 29.7 Å². The van der Waals surface area contributed by atoms with E-state index in [9.17, 15) is 53.1 Å². The lowest BCUT2D eigenvalue weighted by atomic mass is 9.83. The quantitative estimate of drug-likeness (QED) is 0.0215. The topological polar surface area (TPSA) is 376 Å². The number of carbonyl (C=O) groups excluding carboxylic acids is 10. The van der Waals surface area contributed by atoms with Crippen molar-refractivity contribution in [2.75, 3.05) is 78.0 Å². The van der Waals surface area contributed by atoms with Crippen molar-refractivity contribution in [3.63, 3.8) is 0 Å². The number of nitrogens with zero attached hydrogens (tertiary/aromatic N) is 3. The van der Waals surface area contributed by atoms with Crippen molar-refractivity contribution in [2.45, 2.75) is 153 Å². The van der Waals surface area contributed by atoms with Gasteiger partial charge in [0, 0.05) is 65.0 Å². The van der Waals surface area contributed by atoms with E-state index in [1.807, 2.05) is 6.92 Å². The van der Waals surface area contributed by atoms with Crippen LogP contribution in [0.15, 0.2) is 54.1 Å². The highest BCUT2D eigenvalue weighted by atomic mass is 35.5. The molecule has 0 aliphatic carbocycles. The number of carbonyl (C=O) groups is 10. The minimum Gasteiger partial charge on any atom is -0.495 e. The van der Waals surface area contributed by atoms with Crippen LogP contribution in [0.2, 0.25) is 5.02 Å². The van der Waals surface area contributed by atoms with Gasteiger partial charge < -0.3 is 85.2 Å². The molecule has 6 rings (SSSR count). The fourth-order valence-corrected chi connectivity index (χ4v) is 11.5. The van der Waals surface area contributed by atoms with Gasteiger partial charge in [0.1, 0.15) is 52.8 Å². The summed E-state index contributed by atoms with van der Waals surface area (Å²) in [6.07, 6.45) is -6.65. The van der Waals surface area contributed by atoms with Crippen LogP contribution in [0.5, 0.6) is 5.75 Å². The summed E-state index contributed by atoms with van der Waals surface area (Å²) < 4.78 is 85.5. The molecular weight excluding hydrogens is 1330 g/mol. The van der Waals surface area contributed by atoms with Gasteiger partial charge in [0.2, 0.25) is 17.7 Å². The van der Waals surface area contributed by atoms with Gasteiger partial charge in [-0.3, -0.25) is 34.1 Å². The number of allylic oxidation sites excluding steroid dienone is 3. The highest BCUT2D eigenvalue weighted by Crippen LogP contribution is 2.49. The highest BCUT2D eigenvalue weighted by Gasteiger charge is 2.64. The highest BCUT2D eigenvalue weighted by molar-refractivity contribution is 7.80. The molecule has 534 valence electrons. The van der Waals surface area contributed by atoms with Crippen molar-refractivity contribution in [3.05, 3.63) is 75.8 Å². The van der Waals surface area contributed by atoms with Gasteiger partial charge in [-0.05, 0) is 94.1 Å². The summed E-state index contributed by atoms with van der Waals surface area (Å²) in [5.41, 5.74) is 0.549. The summed E-state index contributed by atoms with van der Waals surface area (Å²) in [4.78, 5) is 138. The zero-order valence-corrected chi connectivity index (χ0v) is 56.9. The third-order valence-electron chi connectivity index (χ3n) is 16.7. The smallest absolute Gasteiger partial charge is 0.418 e. The van der Waals surface area contributed by atoms with Crippen LogP contribution < -0.4 is 47.3 Å². The molecule has 3 fully saturated rings. The van der Waals surface area contributed by atoms with Crippen molar-refractivity contribution in [3.8, 4) is 5.75 Å². The van der Waals surface area contributed by atoms with Gasteiger partial charge in [0.15, 0.2) is 10.8 Å². The number of likely N-dealkylation sites (N-methyl/N-ethyl adjacent to an activating group) is 1. The third kappa shape index (κ3) is 20.9. The molecule has 0 saturated carbocycles. The number of aliphatic hydroxyl groups is 1. The second kappa shape index (κ2) is 34.3. The van der Waals surface area contributed by atoms with Crippen LogP contribution in [0.3, 0.4) is 0 Å². The Labute approximate surface area is 568 Å². The van der Waals surface area contributed by atoms with E-state index in [1.54, 1.807) is 58.1 Å². The van der Waals surface area contributed by atoms with Crippen LogP contribution in [0.25, 0.3) is 0 Å². The number of methoxy groups -OCH3 is 2. The Morgan fingerprint density at radius 2 is 1.63 bits per heavy atom. The molecule has 2 aromatic rings. The van der Waals surface area contributed by atoms with Crippen molar-refractivity contribution in [1.29, 1.82) is 0 Å². The molecule has 97 heavy (non-hydrogen) atoms. The van der Waals surface area contributed by atoms with E-state index in [2.05, 4.69) is 31.9 Å². The van der Waals surface area contributed by atoms with Crippen LogP contribution in [-0.4, -0.2) is 201 Å². The average molecular weight is 1410 g/mol. The van der Waals surface area contributed by atoms with Crippen molar-refractivity contribution < 1.29 is 104 Å². The maximum Gasteiger partial charge on any atom is 0.418 e. The molecular formula is C63H84ClF3N10O19S. The second-order valence-corrected chi connectivity index (χ2v) is 25.0. The first-order valence-corrected chi connectivity index (χ1v) is 31.9. The number of alkyl carbamates (subject to hydrolysis) is 1. The Morgan fingerprint density at radius 1 is 0.948 bits per heavy atom. The van der Waals surface area contributed by atoms with E-state index in [0.29, 0.717) is 23.1 Å². The predicted molar refractivity (Wildman–Crippen MR) is 345 cm³/mol. The van der Waals surface area contributed by atoms with E-state index in [1.165, 1.54) is 33.1 Å². The zero-order valence-electron chi connectivity index (χ0n) is 55.3. The number of esters is 1. The number of nitrogens with two attached hydrogens (primary N) is 1. The standard InChI is InChI=1S/C63H84ClF3N10O19S/c1-33(2)52(73-59(97)70-22-24-92-26-25-91-23-20-50(81)96-77-47(78)18-19-48(77)79)55(83)72-41(14-12-21-69-58(68)86)54(82)71-40-17-16-38(30-39(40)63(65,66)67)56(84)75(7)36(5)57(85)94-46-31-49(80)76(8)42-28-37(29-43(89-9)51(42)64)27-34(3)13-11-15-45(90-10)62(88)32-44(93-60(87)74-62)35(4)53-61(46,6)95-53/h11,13,15-17,28-30,33,35-36,41,44-46,52-53,88H,12,14,18-27,31-32H2,1-10H3,(H,71,82)(H,72,83)(H,74,87)(H3,68,69,86)(H2,70,73,97)/b15-11+,34-13+/t35-,36+,41+,44+,45-,46+,52+,53+,61+,62+/m1/s1. The number of hydroxylamine groups is 2. The van der Waals surface area contributed by atoms with Gasteiger partial charge in [-0.2, -0.15) is 13.2 Å². The number of thiocarbonyl (C=S) groups is 1. The number of hydrogen-bond donors (Lipinski definition) is 8. The molecule has 0 unspecified atom stereocenters. The minimum atomic E-state index is -5.23. The largest absolute Gasteiger partial charge is 0.495 e. The summed E-state index contributed by atoms with van der Waals surface area (Å²) in [6, 6.07) is 0.532. The number of anilines is 2.